The van der Waals surface area contributed by atoms with E-state index in [0.29, 0.717) is 19.1 Å². The van der Waals surface area contributed by atoms with E-state index < -0.39 is 0 Å². The summed E-state index contributed by atoms with van der Waals surface area (Å²) in [4.78, 5) is 2.37. The minimum absolute atomic E-state index is 0.321. The van der Waals surface area contributed by atoms with Crippen LogP contribution in [0.5, 0.6) is 0 Å². The molecule has 1 saturated heterocycles. The van der Waals surface area contributed by atoms with Crippen LogP contribution in [0.15, 0.2) is 22.7 Å². The topological polar surface area (TPSA) is 49.5 Å². The third kappa shape index (κ3) is 3.00. The van der Waals surface area contributed by atoms with Crippen LogP contribution >= 0.6 is 15.9 Å². The molecule has 4 heteroatoms. The van der Waals surface area contributed by atoms with Gasteiger partial charge in [0.05, 0.1) is 5.69 Å². The van der Waals surface area contributed by atoms with Crippen molar-refractivity contribution in [3.05, 3.63) is 28.2 Å². The van der Waals surface area contributed by atoms with E-state index >= 15 is 0 Å². The number of nitrogens with two attached hydrogens (primary N) is 1. The first kappa shape index (κ1) is 12.9. The van der Waals surface area contributed by atoms with Crippen LogP contribution in [0.2, 0.25) is 0 Å². The molecule has 0 spiro atoms. The molecule has 94 valence electrons. The molecule has 1 aliphatic heterocycles. The fourth-order valence-corrected chi connectivity index (χ4v) is 2.97. The van der Waals surface area contributed by atoms with E-state index in [4.69, 9.17) is 10.8 Å². The summed E-state index contributed by atoms with van der Waals surface area (Å²) in [5.74, 6) is 0.480. The fourth-order valence-electron chi connectivity index (χ4n) is 2.29. The molecule has 0 aliphatic carbocycles. The second kappa shape index (κ2) is 5.85. The Morgan fingerprint density at radius 1 is 1.35 bits per heavy atom. The Hall–Kier alpha value is -0.580. The largest absolute Gasteiger partial charge is 0.396 e. The highest BCUT2D eigenvalue weighted by atomic mass is 79.9. The highest BCUT2D eigenvalue weighted by Gasteiger charge is 2.19. The Bertz CT molecular complexity index is 376. The number of benzene rings is 1. The molecule has 0 atom stereocenters. The average molecular weight is 299 g/mol. The van der Waals surface area contributed by atoms with Crippen molar-refractivity contribution in [2.24, 2.45) is 11.7 Å². The van der Waals surface area contributed by atoms with Crippen molar-refractivity contribution in [2.45, 2.75) is 19.4 Å². The molecule has 1 aliphatic rings. The molecule has 1 fully saturated rings. The van der Waals surface area contributed by atoms with Crippen molar-refractivity contribution in [1.29, 1.82) is 0 Å². The highest BCUT2D eigenvalue weighted by molar-refractivity contribution is 9.10. The van der Waals surface area contributed by atoms with Crippen molar-refractivity contribution in [3.8, 4) is 0 Å². The van der Waals surface area contributed by atoms with Gasteiger partial charge >= 0.3 is 0 Å². The van der Waals surface area contributed by atoms with E-state index in [1.54, 1.807) is 0 Å². The van der Waals surface area contributed by atoms with Crippen LogP contribution in [0.4, 0.5) is 5.69 Å². The van der Waals surface area contributed by atoms with Gasteiger partial charge in [0, 0.05) is 30.7 Å². The van der Waals surface area contributed by atoms with E-state index in [2.05, 4.69) is 39.0 Å². The molecule has 3 N–H and O–H groups in total. The summed E-state index contributed by atoms with van der Waals surface area (Å²) in [5.41, 5.74) is 8.00. The summed E-state index contributed by atoms with van der Waals surface area (Å²) in [5, 5.41) is 9.13. The van der Waals surface area contributed by atoms with Crippen LogP contribution in [0.25, 0.3) is 0 Å². The quantitative estimate of drug-likeness (QED) is 0.899. The molecule has 1 heterocycles. The van der Waals surface area contributed by atoms with E-state index in [1.807, 2.05) is 0 Å². The van der Waals surface area contributed by atoms with Crippen LogP contribution in [-0.4, -0.2) is 24.8 Å². The summed E-state index contributed by atoms with van der Waals surface area (Å²) in [6.07, 6.45) is 2.14. The lowest BCUT2D eigenvalue weighted by Gasteiger charge is -2.33. The molecule has 0 amide bonds. The first-order chi connectivity index (χ1) is 8.24. The molecule has 0 aromatic heterocycles. The molecule has 17 heavy (non-hydrogen) atoms. The van der Waals surface area contributed by atoms with E-state index in [0.717, 1.165) is 36.0 Å². The minimum Gasteiger partial charge on any atom is -0.396 e. The van der Waals surface area contributed by atoms with E-state index in [-0.39, 0.29) is 0 Å². The first-order valence-electron chi connectivity index (χ1n) is 6.09. The van der Waals surface area contributed by atoms with Gasteiger partial charge in [0.2, 0.25) is 0 Å². The monoisotopic (exact) mass is 298 g/mol. The van der Waals surface area contributed by atoms with Gasteiger partial charge < -0.3 is 15.7 Å². The average Bonchev–Trinajstić information content (AvgIpc) is 2.39. The Labute approximate surface area is 111 Å². The maximum Gasteiger partial charge on any atom is 0.0510 e. The number of halogens is 1. The second-order valence-corrected chi connectivity index (χ2v) is 5.46. The van der Waals surface area contributed by atoms with Crippen LogP contribution < -0.4 is 10.6 Å². The van der Waals surface area contributed by atoms with Gasteiger partial charge in [-0.3, -0.25) is 0 Å². The molecule has 0 bridgehead atoms. The molecule has 1 aromatic rings. The Morgan fingerprint density at radius 3 is 2.59 bits per heavy atom. The summed E-state index contributed by atoms with van der Waals surface area (Å²) in [7, 11) is 0. The summed E-state index contributed by atoms with van der Waals surface area (Å²) >= 11 is 3.61. The van der Waals surface area contributed by atoms with Gasteiger partial charge in [0.15, 0.2) is 0 Å². The van der Waals surface area contributed by atoms with Crippen LogP contribution in [0.3, 0.4) is 0 Å². The number of aliphatic hydroxyl groups excluding tert-OH is 1. The van der Waals surface area contributed by atoms with Gasteiger partial charge in [0.25, 0.3) is 0 Å². The Kier molecular flexibility index (Phi) is 4.42. The predicted octanol–water partition coefficient (Wildman–Crippen LogP) is 2.12. The summed E-state index contributed by atoms with van der Waals surface area (Å²) < 4.78 is 1.11. The van der Waals surface area contributed by atoms with E-state index in [1.165, 1.54) is 5.69 Å². The van der Waals surface area contributed by atoms with Crippen LogP contribution in [-0.2, 0) is 6.54 Å². The number of piperidine rings is 1. The third-order valence-electron chi connectivity index (χ3n) is 3.46. The number of anilines is 1. The number of aliphatic hydroxyl groups is 1. The van der Waals surface area contributed by atoms with Gasteiger partial charge in [-0.15, -0.1) is 0 Å². The smallest absolute Gasteiger partial charge is 0.0510 e. The molecule has 0 unspecified atom stereocenters. The highest BCUT2D eigenvalue weighted by Crippen LogP contribution is 2.30. The SMILES string of the molecule is NCc1ccc(N2CCC(CO)CC2)c(Br)c1. The summed E-state index contributed by atoms with van der Waals surface area (Å²) in [6, 6.07) is 6.30. The van der Waals surface area contributed by atoms with Crippen molar-refractivity contribution >= 4 is 21.6 Å². The zero-order chi connectivity index (χ0) is 12.3. The predicted molar refractivity (Wildman–Crippen MR) is 74.1 cm³/mol. The van der Waals surface area contributed by atoms with Gasteiger partial charge in [-0.25, -0.2) is 0 Å². The summed E-state index contributed by atoms with van der Waals surface area (Å²) in [6.45, 7) is 2.93. The van der Waals surface area contributed by atoms with Gasteiger partial charge in [-0.2, -0.15) is 0 Å². The van der Waals surface area contributed by atoms with Crippen molar-refractivity contribution in [3.63, 3.8) is 0 Å². The van der Waals surface area contributed by atoms with Crippen LogP contribution in [0, 0.1) is 5.92 Å². The number of hydrogen-bond acceptors (Lipinski definition) is 3. The fraction of sp³-hybridized carbons (Fsp3) is 0.538. The zero-order valence-corrected chi connectivity index (χ0v) is 11.5. The lowest BCUT2D eigenvalue weighted by molar-refractivity contribution is 0.203. The van der Waals surface area contributed by atoms with Crippen molar-refractivity contribution < 1.29 is 5.11 Å². The molecule has 0 radical (unpaired) electrons. The first-order valence-corrected chi connectivity index (χ1v) is 6.88. The third-order valence-corrected chi connectivity index (χ3v) is 4.10. The normalized spacial score (nSPS) is 17.5. The molecule has 1 aromatic carbocycles. The van der Waals surface area contributed by atoms with Gasteiger partial charge in [-0.1, -0.05) is 6.07 Å². The van der Waals surface area contributed by atoms with Gasteiger partial charge in [0.1, 0.15) is 0 Å². The standard InChI is InChI=1S/C13H19BrN2O/c14-12-7-11(8-15)1-2-13(12)16-5-3-10(9-17)4-6-16/h1-2,7,10,17H,3-6,8-9,15H2. The molecule has 3 nitrogen and oxygen atoms in total. The Balaban J connectivity index is 2.08. The second-order valence-electron chi connectivity index (χ2n) is 4.60. The van der Waals surface area contributed by atoms with E-state index in [9.17, 15) is 0 Å². The zero-order valence-electron chi connectivity index (χ0n) is 9.90. The molecule has 0 saturated carbocycles. The lowest BCUT2D eigenvalue weighted by atomic mass is 9.97. The number of nitrogens with zero attached hydrogens (tertiary/aromatic N) is 1. The number of hydrogen-bond donors (Lipinski definition) is 2. The minimum atomic E-state index is 0.321. The maximum atomic E-state index is 9.13. The van der Waals surface area contributed by atoms with Crippen LogP contribution in [0.1, 0.15) is 18.4 Å². The molecular weight excluding hydrogens is 280 g/mol. The van der Waals surface area contributed by atoms with Crippen molar-refractivity contribution in [1.82, 2.24) is 0 Å². The lowest BCUT2D eigenvalue weighted by Crippen LogP contribution is -2.34. The molecule has 2 rings (SSSR count). The number of rotatable bonds is 3. The molecular formula is C13H19BrN2O. The van der Waals surface area contributed by atoms with Crippen molar-refractivity contribution in [2.75, 3.05) is 24.6 Å². The van der Waals surface area contributed by atoms with Gasteiger partial charge in [-0.05, 0) is 52.4 Å². The Morgan fingerprint density at radius 2 is 2.06 bits per heavy atom. The maximum absolute atomic E-state index is 9.13.